The van der Waals surface area contributed by atoms with E-state index in [1.165, 1.54) is 6.07 Å². The first kappa shape index (κ1) is 11.1. The van der Waals surface area contributed by atoms with Crippen LogP contribution >= 0.6 is 0 Å². The molecule has 3 aliphatic rings. The number of pyridine rings is 1. The summed E-state index contributed by atoms with van der Waals surface area (Å²) in [6.45, 7) is 4.99. The van der Waals surface area contributed by atoms with Gasteiger partial charge < -0.3 is 5.11 Å². The molecule has 4 rings (SSSR count). The highest BCUT2D eigenvalue weighted by Crippen LogP contribution is 2.26. The molecule has 2 unspecified atom stereocenters. The molecule has 3 saturated heterocycles. The lowest BCUT2D eigenvalue weighted by Crippen LogP contribution is -2.62. The van der Waals surface area contributed by atoms with Crippen molar-refractivity contribution in [3.63, 3.8) is 0 Å². The molecule has 0 aliphatic carbocycles. The number of aromatic nitrogens is 1. The predicted octanol–water partition coefficient (Wildman–Crippen LogP) is 0.254. The molecule has 92 valence electrons. The quantitative estimate of drug-likeness (QED) is 0.800. The highest BCUT2D eigenvalue weighted by Gasteiger charge is 2.36. The maximum Gasteiger partial charge on any atom is 0.141 e. The summed E-state index contributed by atoms with van der Waals surface area (Å²) in [6.07, 6.45) is 2.06. The van der Waals surface area contributed by atoms with Crippen molar-refractivity contribution >= 4 is 0 Å². The van der Waals surface area contributed by atoms with Crippen LogP contribution in [0.2, 0.25) is 0 Å². The second-order valence-corrected chi connectivity index (χ2v) is 4.79. The third kappa shape index (κ3) is 2.06. The van der Waals surface area contributed by atoms with Gasteiger partial charge >= 0.3 is 0 Å². The third-order valence-electron chi connectivity index (χ3n) is 3.75. The summed E-state index contributed by atoms with van der Waals surface area (Å²) >= 11 is 0. The second kappa shape index (κ2) is 4.33. The minimum Gasteiger partial charge on any atom is -0.387 e. The lowest BCUT2D eigenvalue weighted by molar-refractivity contribution is -0.0472. The van der Waals surface area contributed by atoms with Crippen LogP contribution in [-0.4, -0.2) is 58.7 Å². The van der Waals surface area contributed by atoms with Crippen molar-refractivity contribution in [1.82, 2.24) is 14.8 Å². The van der Waals surface area contributed by atoms with Gasteiger partial charge in [0.1, 0.15) is 5.82 Å². The SMILES string of the molecule is OC(c1cncc(F)c1)C1CN2CCN1CC2. The van der Waals surface area contributed by atoms with E-state index in [4.69, 9.17) is 0 Å². The summed E-state index contributed by atoms with van der Waals surface area (Å²) in [7, 11) is 0. The molecule has 4 heterocycles. The lowest BCUT2D eigenvalue weighted by Gasteiger charge is -2.49. The van der Waals surface area contributed by atoms with E-state index in [-0.39, 0.29) is 6.04 Å². The van der Waals surface area contributed by atoms with Gasteiger partial charge in [0.15, 0.2) is 0 Å². The van der Waals surface area contributed by atoms with Crippen molar-refractivity contribution in [3.8, 4) is 0 Å². The zero-order valence-corrected chi connectivity index (χ0v) is 9.59. The largest absolute Gasteiger partial charge is 0.387 e. The number of halogens is 1. The molecule has 17 heavy (non-hydrogen) atoms. The highest BCUT2D eigenvalue weighted by molar-refractivity contribution is 5.16. The zero-order chi connectivity index (χ0) is 11.8. The van der Waals surface area contributed by atoms with Crippen molar-refractivity contribution in [1.29, 1.82) is 0 Å². The number of rotatable bonds is 2. The molecule has 1 N–H and O–H groups in total. The molecule has 3 fully saturated rings. The van der Waals surface area contributed by atoms with Crippen molar-refractivity contribution in [2.24, 2.45) is 0 Å². The van der Waals surface area contributed by atoms with E-state index >= 15 is 0 Å². The fourth-order valence-electron chi connectivity index (χ4n) is 2.77. The van der Waals surface area contributed by atoms with Gasteiger partial charge in [-0.3, -0.25) is 14.8 Å². The highest BCUT2D eigenvalue weighted by atomic mass is 19.1. The van der Waals surface area contributed by atoms with Gasteiger partial charge in [-0.1, -0.05) is 0 Å². The Morgan fingerprint density at radius 3 is 2.65 bits per heavy atom. The fourth-order valence-corrected chi connectivity index (χ4v) is 2.77. The van der Waals surface area contributed by atoms with E-state index < -0.39 is 11.9 Å². The Labute approximate surface area is 99.7 Å². The van der Waals surface area contributed by atoms with E-state index in [0.29, 0.717) is 5.56 Å². The van der Waals surface area contributed by atoms with Crippen LogP contribution in [0.1, 0.15) is 11.7 Å². The van der Waals surface area contributed by atoms with Gasteiger partial charge in [0.2, 0.25) is 0 Å². The van der Waals surface area contributed by atoms with Crippen LogP contribution in [0.25, 0.3) is 0 Å². The maximum absolute atomic E-state index is 13.1. The first-order valence-electron chi connectivity index (χ1n) is 5.99. The van der Waals surface area contributed by atoms with Gasteiger partial charge in [-0.15, -0.1) is 0 Å². The van der Waals surface area contributed by atoms with Crippen molar-refractivity contribution < 1.29 is 9.50 Å². The van der Waals surface area contributed by atoms with Gasteiger partial charge in [0.05, 0.1) is 18.3 Å². The standard InChI is InChI=1S/C12H16FN3O/c13-10-5-9(6-14-7-10)12(17)11-8-15-1-3-16(11)4-2-15/h5-7,11-12,17H,1-4,8H2. The lowest BCUT2D eigenvalue weighted by atomic mass is 9.97. The van der Waals surface area contributed by atoms with Crippen LogP contribution in [0.5, 0.6) is 0 Å². The summed E-state index contributed by atoms with van der Waals surface area (Å²) in [5.74, 6) is -0.391. The molecule has 0 radical (unpaired) electrons. The van der Waals surface area contributed by atoms with E-state index in [0.717, 1.165) is 38.9 Å². The number of fused-ring (bicyclic) bond motifs is 3. The summed E-state index contributed by atoms with van der Waals surface area (Å²) in [6, 6.07) is 1.44. The molecule has 2 bridgehead atoms. The molecular formula is C12H16FN3O. The molecular weight excluding hydrogens is 221 g/mol. The van der Waals surface area contributed by atoms with Crippen LogP contribution < -0.4 is 0 Å². The normalized spacial score (nSPS) is 33.6. The van der Waals surface area contributed by atoms with Gasteiger partial charge in [0.25, 0.3) is 0 Å². The Bertz CT molecular complexity index is 406. The Morgan fingerprint density at radius 2 is 2.06 bits per heavy atom. The minimum absolute atomic E-state index is 0.0705. The second-order valence-electron chi connectivity index (χ2n) is 4.79. The van der Waals surface area contributed by atoms with Gasteiger partial charge in [0, 0.05) is 44.5 Å². The minimum atomic E-state index is -0.652. The van der Waals surface area contributed by atoms with Gasteiger partial charge in [-0.2, -0.15) is 0 Å². The van der Waals surface area contributed by atoms with Gasteiger partial charge in [-0.05, 0) is 6.07 Å². The van der Waals surface area contributed by atoms with Crippen LogP contribution in [0.4, 0.5) is 4.39 Å². The molecule has 4 nitrogen and oxygen atoms in total. The molecule has 1 aromatic heterocycles. The monoisotopic (exact) mass is 237 g/mol. The number of aliphatic hydroxyl groups is 1. The first-order valence-corrected chi connectivity index (χ1v) is 5.99. The first-order chi connectivity index (χ1) is 8.24. The van der Waals surface area contributed by atoms with Crippen LogP contribution in [-0.2, 0) is 0 Å². The molecule has 0 aromatic carbocycles. The summed E-state index contributed by atoms with van der Waals surface area (Å²) in [5, 5.41) is 10.3. The molecule has 0 saturated carbocycles. The zero-order valence-electron chi connectivity index (χ0n) is 9.59. The Balaban J connectivity index is 1.80. The number of hydrogen-bond acceptors (Lipinski definition) is 4. The molecule has 1 aromatic rings. The predicted molar refractivity (Wildman–Crippen MR) is 61.0 cm³/mol. The number of hydrogen-bond donors (Lipinski definition) is 1. The van der Waals surface area contributed by atoms with Crippen molar-refractivity contribution in [2.45, 2.75) is 12.1 Å². The summed E-state index contributed by atoms with van der Waals surface area (Å²) < 4.78 is 13.1. The summed E-state index contributed by atoms with van der Waals surface area (Å²) in [4.78, 5) is 8.43. The topological polar surface area (TPSA) is 39.6 Å². The molecule has 2 atom stereocenters. The van der Waals surface area contributed by atoms with E-state index in [2.05, 4.69) is 14.8 Å². The Morgan fingerprint density at radius 1 is 1.29 bits per heavy atom. The van der Waals surface area contributed by atoms with Crippen LogP contribution in [0, 0.1) is 5.82 Å². The van der Waals surface area contributed by atoms with E-state index in [9.17, 15) is 9.50 Å². The molecule has 5 heteroatoms. The van der Waals surface area contributed by atoms with Crippen LogP contribution in [0.3, 0.4) is 0 Å². The molecule has 0 spiro atoms. The molecule has 0 amide bonds. The summed E-state index contributed by atoms with van der Waals surface area (Å²) in [5.41, 5.74) is 0.573. The van der Waals surface area contributed by atoms with Gasteiger partial charge in [-0.25, -0.2) is 4.39 Å². The average Bonchev–Trinajstić information content (AvgIpc) is 2.39. The van der Waals surface area contributed by atoms with Crippen molar-refractivity contribution in [3.05, 3.63) is 29.8 Å². The number of aliphatic hydroxyl groups excluding tert-OH is 1. The van der Waals surface area contributed by atoms with Crippen LogP contribution in [0.15, 0.2) is 18.5 Å². The third-order valence-corrected chi connectivity index (χ3v) is 3.75. The average molecular weight is 237 g/mol. The number of piperazine rings is 3. The van der Waals surface area contributed by atoms with E-state index in [1.807, 2.05) is 0 Å². The Kier molecular flexibility index (Phi) is 2.82. The Hall–Kier alpha value is -1.04. The van der Waals surface area contributed by atoms with Crippen molar-refractivity contribution in [2.75, 3.05) is 32.7 Å². The maximum atomic E-state index is 13.1. The van der Waals surface area contributed by atoms with E-state index in [1.54, 1.807) is 6.20 Å². The fraction of sp³-hybridized carbons (Fsp3) is 0.583. The number of nitrogens with zero attached hydrogens (tertiary/aromatic N) is 3. The smallest absolute Gasteiger partial charge is 0.141 e. The molecule has 3 aliphatic heterocycles.